The van der Waals surface area contributed by atoms with Crippen LogP contribution in [0.1, 0.15) is 41.6 Å². The normalized spacial score (nSPS) is 21.3. The van der Waals surface area contributed by atoms with Gasteiger partial charge in [-0.15, -0.1) is 0 Å². The van der Waals surface area contributed by atoms with Crippen molar-refractivity contribution < 1.29 is 28.0 Å². The van der Waals surface area contributed by atoms with Crippen LogP contribution in [0, 0.1) is 16.0 Å². The molecule has 1 aliphatic rings. The molecule has 0 aromatic heterocycles. The van der Waals surface area contributed by atoms with Gasteiger partial charge in [-0.05, 0) is 18.9 Å². The summed E-state index contributed by atoms with van der Waals surface area (Å²) in [4.78, 5) is 22.1. The first-order valence-corrected chi connectivity index (χ1v) is 7.50. The summed E-state index contributed by atoms with van der Waals surface area (Å²) in [5.74, 6) is -0.974. The Morgan fingerprint density at radius 3 is 2.54 bits per heavy atom. The molecule has 0 heterocycles. The van der Waals surface area contributed by atoms with Gasteiger partial charge in [-0.1, -0.05) is 12.8 Å². The molecule has 1 amide bonds. The highest BCUT2D eigenvalue weighted by molar-refractivity contribution is 5.95. The van der Waals surface area contributed by atoms with Gasteiger partial charge in [0.25, 0.3) is 11.6 Å². The second kappa shape index (κ2) is 7.16. The Kier molecular flexibility index (Phi) is 5.43. The first-order chi connectivity index (χ1) is 11.2. The second-order valence-electron chi connectivity index (χ2n) is 5.83. The summed E-state index contributed by atoms with van der Waals surface area (Å²) in [6, 6.07) is 1.46. The number of benzene rings is 1. The minimum absolute atomic E-state index is 0.131. The van der Waals surface area contributed by atoms with Gasteiger partial charge in [-0.2, -0.15) is 13.2 Å². The van der Waals surface area contributed by atoms with Crippen molar-refractivity contribution in [3.05, 3.63) is 39.4 Å². The average Bonchev–Trinajstić information content (AvgIpc) is 2.54. The molecule has 0 spiro atoms. The van der Waals surface area contributed by atoms with Gasteiger partial charge in [-0.3, -0.25) is 14.9 Å². The molecule has 1 aromatic rings. The van der Waals surface area contributed by atoms with Gasteiger partial charge in [0.15, 0.2) is 0 Å². The Labute approximate surface area is 135 Å². The maximum Gasteiger partial charge on any atom is 0.416 e. The van der Waals surface area contributed by atoms with Crippen molar-refractivity contribution in [3.8, 4) is 0 Å². The number of nitro benzene ring substituents is 1. The van der Waals surface area contributed by atoms with Gasteiger partial charge < -0.3 is 10.4 Å². The number of aliphatic hydroxyl groups is 1. The number of carbonyl (C=O) groups is 1. The first kappa shape index (κ1) is 18.2. The van der Waals surface area contributed by atoms with Crippen LogP contribution in [0.25, 0.3) is 0 Å². The van der Waals surface area contributed by atoms with Gasteiger partial charge in [0.05, 0.1) is 10.5 Å². The van der Waals surface area contributed by atoms with Crippen molar-refractivity contribution in [3.63, 3.8) is 0 Å². The van der Waals surface area contributed by atoms with E-state index in [0.29, 0.717) is 25.0 Å². The van der Waals surface area contributed by atoms with E-state index in [1.807, 2.05) is 0 Å². The van der Waals surface area contributed by atoms with Crippen LogP contribution < -0.4 is 5.32 Å². The summed E-state index contributed by atoms with van der Waals surface area (Å²) in [5, 5.41) is 22.7. The number of nitro groups is 1. The number of nitrogens with zero attached hydrogens (tertiary/aromatic N) is 1. The van der Waals surface area contributed by atoms with Gasteiger partial charge >= 0.3 is 6.18 Å². The van der Waals surface area contributed by atoms with Crippen molar-refractivity contribution in [1.82, 2.24) is 5.32 Å². The molecular weight excluding hydrogens is 329 g/mol. The molecule has 0 radical (unpaired) electrons. The fourth-order valence-electron chi connectivity index (χ4n) is 2.88. The standard InChI is InChI=1S/C15H17F3N2O4/c16-15(17,18)11-5-10(6-12(7-11)20(23)24)14(22)19-13-4-2-1-3-9(13)8-21/h5-7,9,13,21H,1-4,8H2,(H,19,22). The molecule has 1 fully saturated rings. The smallest absolute Gasteiger partial charge is 0.396 e. The van der Waals surface area contributed by atoms with Crippen LogP contribution in [-0.2, 0) is 6.18 Å². The monoisotopic (exact) mass is 346 g/mol. The molecule has 2 rings (SSSR count). The highest BCUT2D eigenvalue weighted by Crippen LogP contribution is 2.33. The van der Waals surface area contributed by atoms with Gasteiger partial charge in [0, 0.05) is 36.3 Å². The number of aliphatic hydroxyl groups excluding tert-OH is 1. The summed E-state index contributed by atoms with van der Waals surface area (Å²) in [7, 11) is 0. The van der Waals surface area contributed by atoms with Gasteiger partial charge in [0.2, 0.25) is 0 Å². The predicted molar refractivity (Wildman–Crippen MR) is 78.4 cm³/mol. The van der Waals surface area contributed by atoms with Crippen LogP contribution in [-0.4, -0.2) is 28.6 Å². The minimum Gasteiger partial charge on any atom is -0.396 e. The Morgan fingerprint density at radius 2 is 1.96 bits per heavy atom. The van der Waals surface area contributed by atoms with E-state index in [-0.39, 0.29) is 18.6 Å². The molecule has 2 atom stereocenters. The third-order valence-corrected chi connectivity index (χ3v) is 4.18. The van der Waals surface area contributed by atoms with Crippen LogP contribution in [0.15, 0.2) is 18.2 Å². The van der Waals surface area contributed by atoms with Crippen molar-refractivity contribution in [1.29, 1.82) is 0 Å². The largest absolute Gasteiger partial charge is 0.416 e. The fraction of sp³-hybridized carbons (Fsp3) is 0.533. The van der Waals surface area contributed by atoms with E-state index < -0.39 is 33.8 Å². The predicted octanol–water partition coefficient (Wildman–Crippen LogP) is 2.89. The van der Waals surface area contributed by atoms with Crippen LogP contribution >= 0.6 is 0 Å². The zero-order valence-corrected chi connectivity index (χ0v) is 12.7. The summed E-state index contributed by atoms with van der Waals surface area (Å²) in [6.07, 6.45) is -1.72. The number of non-ortho nitro benzene ring substituents is 1. The molecule has 9 heteroatoms. The van der Waals surface area contributed by atoms with Crippen molar-refractivity contribution in [2.45, 2.75) is 37.9 Å². The van der Waals surface area contributed by atoms with E-state index in [1.54, 1.807) is 0 Å². The molecular formula is C15H17F3N2O4. The average molecular weight is 346 g/mol. The lowest BCUT2D eigenvalue weighted by molar-refractivity contribution is -0.385. The molecule has 1 saturated carbocycles. The zero-order valence-electron chi connectivity index (χ0n) is 12.7. The zero-order chi connectivity index (χ0) is 17.9. The molecule has 0 bridgehead atoms. The molecule has 24 heavy (non-hydrogen) atoms. The fourth-order valence-corrected chi connectivity index (χ4v) is 2.88. The molecule has 2 unspecified atom stereocenters. The van der Waals surface area contributed by atoms with Crippen LogP contribution in [0.4, 0.5) is 18.9 Å². The Bertz CT molecular complexity index is 634. The lowest BCUT2D eigenvalue weighted by atomic mass is 9.85. The van der Waals surface area contributed by atoms with E-state index in [0.717, 1.165) is 18.9 Å². The SMILES string of the molecule is O=C(NC1CCCCC1CO)c1cc([N+](=O)[O-])cc(C(F)(F)F)c1. The molecule has 2 N–H and O–H groups in total. The number of amides is 1. The number of carbonyl (C=O) groups excluding carboxylic acids is 1. The maximum atomic E-state index is 12.9. The topological polar surface area (TPSA) is 92.5 Å². The van der Waals surface area contributed by atoms with E-state index in [4.69, 9.17) is 0 Å². The Hall–Kier alpha value is -2.16. The number of nitrogens with one attached hydrogen (secondary N) is 1. The number of rotatable bonds is 4. The van der Waals surface area contributed by atoms with Crippen LogP contribution in [0.2, 0.25) is 0 Å². The minimum atomic E-state index is -4.79. The number of hydrogen-bond acceptors (Lipinski definition) is 4. The molecule has 1 aromatic carbocycles. The maximum absolute atomic E-state index is 12.9. The molecule has 0 aliphatic heterocycles. The third kappa shape index (κ3) is 4.22. The lowest BCUT2D eigenvalue weighted by Gasteiger charge is -2.30. The summed E-state index contributed by atoms with van der Waals surface area (Å²) < 4.78 is 38.6. The summed E-state index contributed by atoms with van der Waals surface area (Å²) >= 11 is 0. The highest BCUT2D eigenvalue weighted by Gasteiger charge is 2.34. The van der Waals surface area contributed by atoms with Gasteiger partial charge in [0.1, 0.15) is 0 Å². The summed E-state index contributed by atoms with van der Waals surface area (Å²) in [6.45, 7) is -0.131. The molecule has 132 valence electrons. The highest BCUT2D eigenvalue weighted by atomic mass is 19.4. The molecule has 1 aliphatic carbocycles. The molecule has 6 nitrogen and oxygen atoms in total. The van der Waals surface area contributed by atoms with Crippen LogP contribution in [0.5, 0.6) is 0 Å². The van der Waals surface area contributed by atoms with Crippen molar-refractivity contribution in [2.24, 2.45) is 5.92 Å². The quantitative estimate of drug-likeness (QED) is 0.648. The van der Waals surface area contributed by atoms with E-state index >= 15 is 0 Å². The first-order valence-electron chi connectivity index (χ1n) is 7.50. The third-order valence-electron chi connectivity index (χ3n) is 4.18. The second-order valence-corrected chi connectivity index (χ2v) is 5.83. The van der Waals surface area contributed by atoms with E-state index in [9.17, 15) is 33.2 Å². The van der Waals surface area contributed by atoms with E-state index in [2.05, 4.69) is 5.32 Å². The number of alkyl halides is 3. The Morgan fingerprint density at radius 1 is 1.29 bits per heavy atom. The van der Waals surface area contributed by atoms with Crippen molar-refractivity contribution >= 4 is 11.6 Å². The van der Waals surface area contributed by atoms with Gasteiger partial charge in [-0.25, -0.2) is 0 Å². The molecule has 0 saturated heterocycles. The van der Waals surface area contributed by atoms with E-state index in [1.165, 1.54) is 0 Å². The van der Waals surface area contributed by atoms with Crippen molar-refractivity contribution in [2.75, 3.05) is 6.61 Å². The number of halogens is 3. The number of hydrogen-bond donors (Lipinski definition) is 2. The van der Waals surface area contributed by atoms with Crippen LogP contribution in [0.3, 0.4) is 0 Å². The Balaban J connectivity index is 2.27. The summed E-state index contributed by atoms with van der Waals surface area (Å²) in [5.41, 5.74) is -2.46. The lowest BCUT2D eigenvalue weighted by Crippen LogP contribution is -2.43.